The van der Waals surface area contributed by atoms with Crippen LogP contribution in [0.25, 0.3) is 0 Å². The quantitative estimate of drug-likeness (QED) is 0.388. The predicted molar refractivity (Wildman–Crippen MR) is 141 cm³/mol. The zero-order valence-electron chi connectivity index (χ0n) is 21.7. The minimum Gasteiger partial charge on any atom is -0.481 e. The summed E-state index contributed by atoms with van der Waals surface area (Å²) >= 11 is 1.59. The van der Waals surface area contributed by atoms with E-state index in [1.807, 2.05) is 11.9 Å². The summed E-state index contributed by atoms with van der Waals surface area (Å²) in [4.78, 5) is 52.1. The van der Waals surface area contributed by atoms with Crippen LogP contribution in [-0.2, 0) is 20.8 Å². The lowest BCUT2D eigenvalue weighted by atomic mass is 9.97. The highest BCUT2D eigenvalue weighted by Gasteiger charge is 2.31. The van der Waals surface area contributed by atoms with Crippen LogP contribution in [0.4, 0.5) is 0 Å². The van der Waals surface area contributed by atoms with Gasteiger partial charge < -0.3 is 15.3 Å². The van der Waals surface area contributed by atoms with Crippen LogP contribution in [0.15, 0.2) is 23.5 Å². The van der Waals surface area contributed by atoms with Gasteiger partial charge in [-0.15, -0.1) is 11.8 Å². The molecule has 0 spiro atoms. The summed E-state index contributed by atoms with van der Waals surface area (Å²) < 4.78 is 0. The first-order chi connectivity index (χ1) is 17.1. The molecule has 198 valence electrons. The third-order valence-electron chi connectivity index (χ3n) is 6.94. The number of rotatable bonds is 14. The van der Waals surface area contributed by atoms with E-state index >= 15 is 0 Å². The minimum atomic E-state index is -0.903. The molecule has 2 N–H and O–H groups in total. The number of hydrogen-bond acceptors (Lipinski definition) is 7. The molecule has 0 bridgehead atoms. The standard InChI is InChI=1S/C26H39N5O4S/c1-16(2)21(31(4)24(32)13-18-6-7-18)8-9-23-30-20(15-36-23)25(33)29-19(12-17(3)26(34)35)14-22-27-10-5-11-28-22/h5,10-11,16-21H,6-9,12-15H2,1-4H3,(H,29,33)(H,34,35)/t17-,19+,20?,21?/m0/s1. The van der Waals surface area contributed by atoms with Gasteiger partial charge in [0, 0.05) is 50.1 Å². The topological polar surface area (TPSA) is 125 Å². The van der Waals surface area contributed by atoms with Gasteiger partial charge in [0.15, 0.2) is 0 Å². The van der Waals surface area contributed by atoms with E-state index in [1.54, 1.807) is 37.1 Å². The second-order valence-electron chi connectivity index (χ2n) is 10.4. The second-order valence-corrected chi connectivity index (χ2v) is 11.5. The first kappa shape index (κ1) is 28.1. The Morgan fingerprint density at radius 3 is 2.50 bits per heavy atom. The molecule has 1 aliphatic carbocycles. The Balaban J connectivity index is 1.56. The van der Waals surface area contributed by atoms with Crippen LogP contribution in [0, 0.1) is 17.8 Å². The molecule has 0 radical (unpaired) electrons. The van der Waals surface area contributed by atoms with Crippen LogP contribution >= 0.6 is 11.8 Å². The number of carboxylic acid groups (broad SMARTS) is 1. The van der Waals surface area contributed by atoms with E-state index in [4.69, 9.17) is 0 Å². The lowest BCUT2D eigenvalue weighted by Crippen LogP contribution is -2.43. The molecule has 1 aliphatic heterocycles. The molecule has 10 heteroatoms. The number of nitrogens with one attached hydrogen (secondary N) is 1. The van der Waals surface area contributed by atoms with E-state index in [1.165, 1.54) is 0 Å². The third kappa shape index (κ3) is 8.57. The fourth-order valence-corrected chi connectivity index (χ4v) is 5.55. The highest BCUT2D eigenvalue weighted by molar-refractivity contribution is 8.14. The summed E-state index contributed by atoms with van der Waals surface area (Å²) in [6.45, 7) is 5.91. The fourth-order valence-electron chi connectivity index (χ4n) is 4.51. The molecule has 1 fully saturated rings. The van der Waals surface area contributed by atoms with Crippen molar-refractivity contribution in [1.29, 1.82) is 0 Å². The van der Waals surface area contributed by atoms with Gasteiger partial charge in [0.25, 0.3) is 0 Å². The molecule has 2 unspecified atom stereocenters. The first-order valence-electron chi connectivity index (χ1n) is 12.9. The molecular weight excluding hydrogens is 478 g/mol. The molecule has 0 saturated heterocycles. The van der Waals surface area contributed by atoms with Crippen molar-refractivity contribution in [2.45, 2.75) is 83.8 Å². The Bertz CT molecular complexity index is 938. The van der Waals surface area contributed by atoms with Gasteiger partial charge in [-0.05, 0) is 50.0 Å². The number of nitrogens with zero attached hydrogens (tertiary/aromatic N) is 4. The van der Waals surface area contributed by atoms with E-state index in [9.17, 15) is 19.5 Å². The number of carbonyl (C=O) groups excluding carboxylic acids is 2. The number of carbonyl (C=O) groups is 3. The Morgan fingerprint density at radius 2 is 1.89 bits per heavy atom. The molecule has 2 amide bonds. The third-order valence-corrected chi connectivity index (χ3v) is 8.06. The van der Waals surface area contributed by atoms with Gasteiger partial charge in [-0.2, -0.15) is 0 Å². The van der Waals surface area contributed by atoms with E-state index in [-0.39, 0.29) is 24.3 Å². The predicted octanol–water partition coefficient (Wildman–Crippen LogP) is 3.19. The van der Waals surface area contributed by atoms with Crippen molar-refractivity contribution in [1.82, 2.24) is 20.2 Å². The van der Waals surface area contributed by atoms with Crippen LogP contribution in [0.2, 0.25) is 0 Å². The molecule has 3 rings (SSSR count). The smallest absolute Gasteiger partial charge is 0.306 e. The Hall–Kier alpha value is -2.49. The second kappa shape index (κ2) is 13.2. The van der Waals surface area contributed by atoms with Crippen molar-refractivity contribution in [3.8, 4) is 0 Å². The van der Waals surface area contributed by atoms with Crippen LogP contribution in [0.3, 0.4) is 0 Å². The van der Waals surface area contributed by atoms with Crippen molar-refractivity contribution in [2.24, 2.45) is 22.7 Å². The summed E-state index contributed by atoms with van der Waals surface area (Å²) in [5.74, 6) is 0.535. The highest BCUT2D eigenvalue weighted by atomic mass is 32.2. The maximum atomic E-state index is 13.0. The van der Waals surface area contributed by atoms with E-state index < -0.39 is 24.0 Å². The Kier molecular flexibility index (Phi) is 10.3. The van der Waals surface area contributed by atoms with Crippen LogP contribution in [0.5, 0.6) is 0 Å². The number of aliphatic imine (C=N–C) groups is 1. The summed E-state index contributed by atoms with van der Waals surface area (Å²) in [7, 11) is 1.91. The lowest BCUT2D eigenvalue weighted by molar-refractivity contribution is -0.141. The van der Waals surface area contributed by atoms with Crippen molar-refractivity contribution in [3.05, 3.63) is 24.3 Å². The van der Waals surface area contributed by atoms with Crippen LogP contribution in [0.1, 0.15) is 65.1 Å². The molecule has 1 saturated carbocycles. The summed E-state index contributed by atoms with van der Waals surface area (Å²) in [5.41, 5.74) is 0. The zero-order valence-corrected chi connectivity index (χ0v) is 22.5. The van der Waals surface area contributed by atoms with Gasteiger partial charge in [-0.25, -0.2) is 9.97 Å². The largest absolute Gasteiger partial charge is 0.481 e. The molecule has 1 aromatic heterocycles. The van der Waals surface area contributed by atoms with E-state index in [0.717, 1.165) is 30.7 Å². The monoisotopic (exact) mass is 517 g/mol. The van der Waals surface area contributed by atoms with E-state index in [0.29, 0.717) is 36.3 Å². The van der Waals surface area contributed by atoms with Gasteiger partial charge in [-0.1, -0.05) is 20.8 Å². The van der Waals surface area contributed by atoms with Crippen molar-refractivity contribution >= 4 is 34.6 Å². The molecule has 2 heterocycles. The van der Waals surface area contributed by atoms with Crippen LogP contribution in [-0.4, -0.2) is 73.7 Å². The minimum absolute atomic E-state index is 0.139. The molecular formula is C26H39N5O4S. The summed E-state index contributed by atoms with van der Waals surface area (Å²) in [6.07, 6.45) is 8.43. The average molecular weight is 518 g/mol. The number of thioether (sulfide) groups is 1. The van der Waals surface area contributed by atoms with Gasteiger partial charge in [0.05, 0.1) is 11.0 Å². The van der Waals surface area contributed by atoms with Crippen molar-refractivity contribution < 1.29 is 19.5 Å². The molecule has 2 aliphatic rings. The zero-order chi connectivity index (χ0) is 26.2. The number of aliphatic carboxylic acids is 1. The molecule has 36 heavy (non-hydrogen) atoms. The maximum Gasteiger partial charge on any atom is 0.306 e. The Labute approximate surface area is 217 Å². The van der Waals surface area contributed by atoms with Crippen molar-refractivity contribution in [3.63, 3.8) is 0 Å². The Morgan fingerprint density at radius 1 is 1.19 bits per heavy atom. The molecule has 4 atom stereocenters. The summed E-state index contributed by atoms with van der Waals surface area (Å²) in [5, 5.41) is 13.3. The highest BCUT2D eigenvalue weighted by Crippen LogP contribution is 2.33. The van der Waals surface area contributed by atoms with Gasteiger partial charge in [0.2, 0.25) is 11.8 Å². The number of carboxylic acids is 1. The normalized spacial score (nSPS) is 19.9. The van der Waals surface area contributed by atoms with Gasteiger partial charge >= 0.3 is 5.97 Å². The van der Waals surface area contributed by atoms with Crippen LogP contribution < -0.4 is 5.32 Å². The molecule has 0 aromatic carbocycles. The summed E-state index contributed by atoms with van der Waals surface area (Å²) in [6, 6.07) is 0.955. The molecule has 9 nitrogen and oxygen atoms in total. The SMILES string of the molecule is CC(C)C(CCC1=NC(C(=O)N[C@@H](Cc2ncccn2)C[C@H](C)C(=O)O)CS1)N(C)C(=O)CC1CC1. The first-order valence-corrected chi connectivity index (χ1v) is 13.9. The number of aromatic nitrogens is 2. The van der Waals surface area contributed by atoms with E-state index in [2.05, 4.69) is 34.1 Å². The average Bonchev–Trinajstić information content (AvgIpc) is 3.52. The van der Waals surface area contributed by atoms with Gasteiger partial charge in [-0.3, -0.25) is 19.4 Å². The van der Waals surface area contributed by atoms with Gasteiger partial charge in [0.1, 0.15) is 11.9 Å². The number of amides is 2. The fraction of sp³-hybridized carbons (Fsp3) is 0.692. The number of hydrogen-bond donors (Lipinski definition) is 2. The maximum absolute atomic E-state index is 13.0. The molecule has 1 aromatic rings. The van der Waals surface area contributed by atoms with Crippen molar-refractivity contribution in [2.75, 3.05) is 12.8 Å². The lowest BCUT2D eigenvalue weighted by Gasteiger charge is -2.31.